The van der Waals surface area contributed by atoms with E-state index in [9.17, 15) is 4.79 Å². The summed E-state index contributed by atoms with van der Waals surface area (Å²) in [6, 6.07) is 10.00. The molecule has 0 bridgehead atoms. The predicted octanol–water partition coefficient (Wildman–Crippen LogP) is 2.46. The molecule has 0 saturated carbocycles. The fourth-order valence-electron chi connectivity index (χ4n) is 1.91. The lowest BCUT2D eigenvalue weighted by molar-refractivity contribution is -0.129. The van der Waals surface area contributed by atoms with Gasteiger partial charge in [0.1, 0.15) is 6.61 Å². The van der Waals surface area contributed by atoms with Crippen LogP contribution in [0, 0.1) is 0 Å². The molecule has 1 aliphatic heterocycles. The van der Waals surface area contributed by atoms with Gasteiger partial charge in [0.25, 0.3) is 6.47 Å². The largest absolute Gasteiger partial charge is 0.463 e. The molecule has 0 radical (unpaired) electrons. The average molecular weight is 281 g/mol. The quantitative estimate of drug-likeness (QED) is 0.861. The van der Waals surface area contributed by atoms with E-state index in [1.54, 1.807) is 0 Å². The van der Waals surface area contributed by atoms with Crippen molar-refractivity contribution in [2.75, 3.05) is 20.2 Å². The molecule has 4 nitrogen and oxygen atoms in total. The fraction of sp³-hybridized carbons (Fsp3) is 0.562. The summed E-state index contributed by atoms with van der Waals surface area (Å²) in [5.41, 5.74) is 1.01. The maximum absolute atomic E-state index is 9.76. The summed E-state index contributed by atoms with van der Waals surface area (Å²) in [6.07, 6.45) is 2.43. The average Bonchev–Trinajstić information content (AvgIpc) is 2.94. The molecule has 114 valence electrons. The predicted molar refractivity (Wildman–Crippen MR) is 81.4 cm³/mol. The number of likely N-dealkylation sites (tertiary alicyclic amines) is 1. The van der Waals surface area contributed by atoms with E-state index in [-0.39, 0.29) is 0 Å². The summed E-state index contributed by atoms with van der Waals surface area (Å²) in [6.45, 7) is 6.30. The van der Waals surface area contributed by atoms with Crippen LogP contribution in [0.2, 0.25) is 0 Å². The van der Waals surface area contributed by atoms with Gasteiger partial charge in [0.05, 0.1) is 6.61 Å². The first-order valence-electron chi connectivity index (χ1n) is 7.18. The molecule has 1 fully saturated rings. The molecule has 20 heavy (non-hydrogen) atoms. The van der Waals surface area contributed by atoms with E-state index in [2.05, 4.69) is 16.7 Å². The van der Waals surface area contributed by atoms with Gasteiger partial charge < -0.3 is 14.7 Å². The van der Waals surface area contributed by atoms with Crippen LogP contribution in [0.4, 0.5) is 0 Å². The Morgan fingerprint density at radius 1 is 1.35 bits per heavy atom. The zero-order valence-electron chi connectivity index (χ0n) is 12.8. The smallest absolute Gasteiger partial charge is 0.293 e. The van der Waals surface area contributed by atoms with Crippen LogP contribution in [0.3, 0.4) is 0 Å². The second-order valence-electron chi connectivity index (χ2n) is 4.35. The summed E-state index contributed by atoms with van der Waals surface area (Å²) < 4.78 is 4.54. The summed E-state index contributed by atoms with van der Waals surface area (Å²) in [4.78, 5) is 12.0. The third-order valence-corrected chi connectivity index (χ3v) is 3.04. The van der Waals surface area contributed by atoms with Crippen LogP contribution in [0.25, 0.3) is 0 Å². The van der Waals surface area contributed by atoms with E-state index in [0.29, 0.717) is 25.7 Å². The van der Waals surface area contributed by atoms with Crippen LogP contribution < -0.4 is 0 Å². The minimum atomic E-state index is 0.330. The van der Waals surface area contributed by atoms with Crippen molar-refractivity contribution in [2.45, 2.75) is 39.3 Å². The Hall–Kier alpha value is -1.39. The molecule has 2 rings (SSSR count). The molecule has 1 N–H and O–H groups in total. The molecule has 1 saturated heterocycles. The summed E-state index contributed by atoms with van der Waals surface area (Å²) >= 11 is 0. The maximum Gasteiger partial charge on any atom is 0.293 e. The van der Waals surface area contributed by atoms with Gasteiger partial charge in [-0.25, -0.2) is 0 Å². The highest BCUT2D eigenvalue weighted by Gasteiger charge is 2.18. The Balaban J connectivity index is 0.000000327. The zero-order valence-corrected chi connectivity index (χ0v) is 12.8. The zero-order chi connectivity index (χ0) is 15.2. The highest BCUT2D eigenvalue weighted by atomic mass is 16.5. The van der Waals surface area contributed by atoms with E-state index < -0.39 is 0 Å². The monoisotopic (exact) mass is 281 g/mol. The topological polar surface area (TPSA) is 49.8 Å². The molecule has 1 atom stereocenters. The normalized spacial score (nSPS) is 17.3. The van der Waals surface area contributed by atoms with Gasteiger partial charge in [0.15, 0.2) is 0 Å². The number of benzene rings is 1. The highest BCUT2D eigenvalue weighted by Crippen LogP contribution is 2.12. The molecule has 1 aromatic rings. The van der Waals surface area contributed by atoms with Gasteiger partial charge >= 0.3 is 0 Å². The Morgan fingerprint density at radius 3 is 2.40 bits per heavy atom. The van der Waals surface area contributed by atoms with Gasteiger partial charge in [-0.05, 0) is 32.0 Å². The minimum absolute atomic E-state index is 0.330. The van der Waals surface area contributed by atoms with Crippen LogP contribution in [-0.2, 0) is 16.1 Å². The van der Waals surface area contributed by atoms with Gasteiger partial charge in [-0.1, -0.05) is 44.2 Å². The van der Waals surface area contributed by atoms with E-state index >= 15 is 0 Å². The molecule has 0 amide bonds. The Labute approximate surface area is 122 Å². The maximum atomic E-state index is 9.76. The molecule has 0 spiro atoms. The van der Waals surface area contributed by atoms with Crippen molar-refractivity contribution in [1.82, 2.24) is 4.90 Å². The molecule has 1 aliphatic rings. The van der Waals surface area contributed by atoms with Crippen LogP contribution in [-0.4, -0.2) is 42.7 Å². The minimum Gasteiger partial charge on any atom is -0.463 e. The van der Waals surface area contributed by atoms with E-state index in [0.717, 1.165) is 12.1 Å². The number of carbonyl (C=O) groups excluding carboxylic acids is 1. The molecule has 1 unspecified atom stereocenters. The van der Waals surface area contributed by atoms with Crippen LogP contribution in [0.15, 0.2) is 30.3 Å². The number of carbonyl (C=O) groups is 1. The van der Waals surface area contributed by atoms with Crippen molar-refractivity contribution in [1.29, 1.82) is 0 Å². The van der Waals surface area contributed by atoms with Crippen molar-refractivity contribution >= 4 is 6.47 Å². The van der Waals surface area contributed by atoms with Gasteiger partial charge in [-0.2, -0.15) is 0 Å². The number of hydrogen-bond donors (Lipinski definition) is 1. The molecular formula is C16H27NO3. The Bertz CT molecular complexity index is 330. The summed E-state index contributed by atoms with van der Waals surface area (Å²) in [5.74, 6) is 0. The first kappa shape index (κ1) is 18.6. The van der Waals surface area contributed by atoms with Crippen molar-refractivity contribution in [2.24, 2.45) is 0 Å². The van der Waals surface area contributed by atoms with E-state index in [1.807, 2.05) is 44.2 Å². The van der Waals surface area contributed by atoms with Crippen LogP contribution >= 0.6 is 0 Å². The first-order valence-corrected chi connectivity index (χ1v) is 7.18. The number of aliphatic hydroxyl groups excluding tert-OH is 1. The molecule has 4 heteroatoms. The van der Waals surface area contributed by atoms with Crippen LogP contribution in [0.5, 0.6) is 0 Å². The second-order valence-corrected chi connectivity index (χ2v) is 4.35. The van der Waals surface area contributed by atoms with E-state index in [1.165, 1.54) is 12.8 Å². The van der Waals surface area contributed by atoms with E-state index in [4.69, 9.17) is 5.11 Å². The van der Waals surface area contributed by atoms with Crippen molar-refractivity contribution in [3.63, 3.8) is 0 Å². The number of likely N-dealkylation sites (N-methyl/N-ethyl adjacent to an activating group) is 1. The summed E-state index contributed by atoms with van der Waals surface area (Å²) in [5, 5.41) is 8.69. The Kier molecular flexibility index (Phi) is 11.8. The SMILES string of the molecule is CC.CN1CCCC1CO.O=COCc1ccccc1. The van der Waals surface area contributed by atoms with Crippen molar-refractivity contribution in [3.05, 3.63) is 35.9 Å². The van der Waals surface area contributed by atoms with Crippen molar-refractivity contribution < 1.29 is 14.6 Å². The number of rotatable bonds is 4. The Morgan fingerprint density at radius 2 is 2.00 bits per heavy atom. The fourth-order valence-corrected chi connectivity index (χ4v) is 1.91. The highest BCUT2D eigenvalue weighted by molar-refractivity contribution is 5.37. The van der Waals surface area contributed by atoms with Gasteiger partial charge in [0.2, 0.25) is 0 Å². The lowest BCUT2D eigenvalue weighted by Crippen LogP contribution is -2.27. The number of nitrogens with zero attached hydrogens (tertiary/aromatic N) is 1. The van der Waals surface area contributed by atoms with Gasteiger partial charge in [-0.3, -0.25) is 4.79 Å². The van der Waals surface area contributed by atoms with Crippen LogP contribution in [0.1, 0.15) is 32.3 Å². The summed E-state index contributed by atoms with van der Waals surface area (Å²) in [7, 11) is 2.06. The second kappa shape index (κ2) is 12.6. The standard InChI is InChI=1S/C8H8O2.C6H13NO.C2H6/c9-7-10-6-8-4-2-1-3-5-8;1-7-4-2-3-6(7)5-8;1-2/h1-5,7H,6H2;6,8H,2-5H2,1H3;1-2H3. The number of hydrogen-bond acceptors (Lipinski definition) is 4. The molecule has 1 heterocycles. The lowest BCUT2D eigenvalue weighted by atomic mass is 10.2. The number of aliphatic hydroxyl groups is 1. The first-order chi connectivity index (χ1) is 9.77. The lowest BCUT2D eigenvalue weighted by Gasteiger charge is -2.15. The molecule has 1 aromatic carbocycles. The van der Waals surface area contributed by atoms with Gasteiger partial charge in [0, 0.05) is 6.04 Å². The van der Waals surface area contributed by atoms with Crippen molar-refractivity contribution in [3.8, 4) is 0 Å². The van der Waals surface area contributed by atoms with Gasteiger partial charge in [-0.15, -0.1) is 0 Å². The third kappa shape index (κ3) is 7.92. The third-order valence-electron chi connectivity index (χ3n) is 3.04. The number of ether oxygens (including phenoxy) is 1. The molecule has 0 aromatic heterocycles. The molecular weight excluding hydrogens is 254 g/mol. The molecule has 0 aliphatic carbocycles.